The van der Waals surface area contributed by atoms with Gasteiger partial charge in [0.15, 0.2) is 0 Å². The van der Waals surface area contributed by atoms with Gasteiger partial charge in [0.1, 0.15) is 11.7 Å². The number of fused-ring (bicyclic) bond motifs is 3. The topological polar surface area (TPSA) is 12.9 Å². The molecule has 3 aliphatic rings. The van der Waals surface area contributed by atoms with Crippen LogP contribution in [0.25, 0.3) is 0 Å². The van der Waals surface area contributed by atoms with Crippen molar-refractivity contribution in [3.8, 4) is 0 Å². The summed E-state index contributed by atoms with van der Waals surface area (Å²) >= 11 is 5.81. The first-order valence-electron chi connectivity index (χ1n) is 6.21. The molecule has 0 saturated carbocycles. The third kappa shape index (κ3) is 2.75. The quantitative estimate of drug-likeness (QED) is 0.540. The first kappa shape index (κ1) is 13.1. The maximum Gasteiger partial charge on any atom is 0.129 e. The largest absolute Gasteiger partial charge is 1.00 e. The number of quaternary nitrogens is 1. The molecule has 0 aromatic carbocycles. The summed E-state index contributed by atoms with van der Waals surface area (Å²) in [6.45, 7) is 5.25. The highest BCUT2D eigenvalue weighted by Crippen LogP contribution is 2.34. The average molecular weight is 273 g/mol. The van der Waals surface area contributed by atoms with Crippen molar-refractivity contribution in [2.24, 2.45) is 5.92 Å². The smallest absolute Gasteiger partial charge is 0.129 e. The lowest BCUT2D eigenvalue weighted by Gasteiger charge is -2.49. The minimum Gasteiger partial charge on any atom is -1.00 e. The van der Waals surface area contributed by atoms with E-state index in [1.54, 1.807) is 0 Å². The molecule has 2 bridgehead atoms. The van der Waals surface area contributed by atoms with Crippen molar-refractivity contribution in [3.63, 3.8) is 0 Å². The molecule has 3 saturated heterocycles. The highest BCUT2D eigenvalue weighted by Gasteiger charge is 2.39. The van der Waals surface area contributed by atoms with Crippen molar-refractivity contribution in [2.75, 3.05) is 19.6 Å². The molecular weight excluding hydrogens is 255 g/mol. The van der Waals surface area contributed by atoms with E-state index in [1.165, 1.54) is 48.9 Å². The van der Waals surface area contributed by atoms with Gasteiger partial charge >= 0.3 is 0 Å². The fraction of sp³-hybridized carbons (Fsp3) is 0.615. The number of nitrogens with zero attached hydrogens (tertiary/aromatic N) is 2. The zero-order valence-electron chi connectivity index (χ0n) is 9.91. The summed E-state index contributed by atoms with van der Waals surface area (Å²) in [5.74, 6) is 1.03. The molecule has 0 unspecified atom stereocenters. The van der Waals surface area contributed by atoms with E-state index in [0.717, 1.165) is 12.5 Å². The summed E-state index contributed by atoms with van der Waals surface area (Å²) in [5.41, 5.74) is 1.34. The monoisotopic (exact) mass is 272 g/mol. The van der Waals surface area contributed by atoms with E-state index in [1.807, 2.05) is 12.3 Å². The van der Waals surface area contributed by atoms with Gasteiger partial charge < -0.3 is 16.9 Å². The minimum atomic E-state index is 0. The number of hydrogen-bond donors (Lipinski definition) is 0. The van der Waals surface area contributed by atoms with Gasteiger partial charge in [0.05, 0.1) is 19.6 Å². The molecule has 0 amide bonds. The van der Waals surface area contributed by atoms with Gasteiger partial charge in [-0.25, -0.2) is 4.98 Å². The third-order valence-electron chi connectivity index (χ3n) is 4.34. The maximum atomic E-state index is 5.81. The fourth-order valence-corrected chi connectivity index (χ4v) is 3.37. The van der Waals surface area contributed by atoms with Crippen molar-refractivity contribution in [2.45, 2.75) is 25.8 Å². The number of rotatable bonds is 2. The molecule has 4 heterocycles. The Morgan fingerprint density at radius 2 is 1.82 bits per heavy atom. The molecule has 0 aliphatic carbocycles. The van der Waals surface area contributed by atoms with Crippen LogP contribution in [0.5, 0.6) is 0 Å². The van der Waals surface area contributed by atoms with Gasteiger partial charge in [0.2, 0.25) is 0 Å². The van der Waals surface area contributed by atoms with Crippen LogP contribution in [0.15, 0.2) is 18.3 Å². The fourth-order valence-electron chi connectivity index (χ4n) is 3.26. The molecule has 3 aliphatic heterocycles. The lowest BCUT2D eigenvalue weighted by atomic mass is 9.85. The molecule has 0 spiro atoms. The standard InChI is InChI=1S/C13H18ClN2.ClH/c14-13-2-1-12(9-15-13)10-16-6-3-11(4-7-16)5-8-16;/h1-2,9,11H,3-8,10H2;1H/q+1;/p-1. The predicted molar refractivity (Wildman–Crippen MR) is 65.2 cm³/mol. The summed E-state index contributed by atoms with van der Waals surface area (Å²) in [6, 6.07) is 4.04. The van der Waals surface area contributed by atoms with Crippen LogP contribution in [-0.2, 0) is 6.54 Å². The molecule has 4 heteroatoms. The van der Waals surface area contributed by atoms with E-state index >= 15 is 0 Å². The second kappa shape index (κ2) is 5.13. The summed E-state index contributed by atoms with van der Waals surface area (Å²) in [5, 5.41) is 0.598. The number of halogens is 2. The molecule has 0 radical (unpaired) electrons. The van der Waals surface area contributed by atoms with E-state index in [2.05, 4.69) is 11.1 Å². The molecule has 17 heavy (non-hydrogen) atoms. The minimum absolute atomic E-state index is 0. The summed E-state index contributed by atoms with van der Waals surface area (Å²) in [6.07, 6.45) is 6.24. The highest BCUT2D eigenvalue weighted by atomic mass is 35.5. The number of pyridine rings is 1. The van der Waals surface area contributed by atoms with Crippen LogP contribution < -0.4 is 12.4 Å². The number of piperidine rings is 3. The average Bonchev–Trinajstić information content (AvgIpc) is 2.34. The van der Waals surface area contributed by atoms with Gasteiger partial charge in [-0.2, -0.15) is 0 Å². The maximum absolute atomic E-state index is 5.81. The van der Waals surface area contributed by atoms with Crippen molar-refractivity contribution in [1.82, 2.24) is 4.98 Å². The van der Waals surface area contributed by atoms with Crippen LogP contribution in [-0.4, -0.2) is 29.1 Å². The Bertz CT molecular complexity index is 356. The van der Waals surface area contributed by atoms with Crippen LogP contribution in [0.1, 0.15) is 24.8 Å². The second-order valence-corrected chi connectivity index (χ2v) is 5.78. The normalized spacial score (nSPS) is 31.0. The van der Waals surface area contributed by atoms with E-state index in [-0.39, 0.29) is 12.4 Å². The van der Waals surface area contributed by atoms with Gasteiger partial charge in [-0.1, -0.05) is 11.6 Å². The summed E-state index contributed by atoms with van der Waals surface area (Å²) in [4.78, 5) is 4.18. The predicted octanol–water partition coefficient (Wildman–Crippen LogP) is -0.131. The van der Waals surface area contributed by atoms with E-state index in [0.29, 0.717) is 5.15 Å². The van der Waals surface area contributed by atoms with Gasteiger partial charge in [-0.15, -0.1) is 0 Å². The molecular formula is C13H18Cl2N2. The van der Waals surface area contributed by atoms with E-state index in [4.69, 9.17) is 11.6 Å². The summed E-state index contributed by atoms with van der Waals surface area (Å²) in [7, 11) is 0. The Balaban J connectivity index is 0.00000108. The lowest BCUT2D eigenvalue weighted by molar-refractivity contribution is -0.955. The van der Waals surface area contributed by atoms with Crippen LogP contribution in [0.3, 0.4) is 0 Å². The van der Waals surface area contributed by atoms with Crippen LogP contribution in [0, 0.1) is 5.92 Å². The van der Waals surface area contributed by atoms with E-state index < -0.39 is 0 Å². The van der Waals surface area contributed by atoms with Crippen molar-refractivity contribution in [3.05, 3.63) is 29.0 Å². The Morgan fingerprint density at radius 1 is 1.18 bits per heavy atom. The van der Waals surface area contributed by atoms with Crippen LogP contribution >= 0.6 is 11.6 Å². The Morgan fingerprint density at radius 3 is 2.35 bits per heavy atom. The Kier molecular flexibility index (Phi) is 3.96. The van der Waals surface area contributed by atoms with Crippen LogP contribution in [0.2, 0.25) is 5.15 Å². The van der Waals surface area contributed by atoms with Crippen LogP contribution in [0.4, 0.5) is 0 Å². The number of hydrogen-bond acceptors (Lipinski definition) is 1. The zero-order valence-corrected chi connectivity index (χ0v) is 11.4. The van der Waals surface area contributed by atoms with Gasteiger partial charge in [0, 0.05) is 11.8 Å². The molecule has 1 aromatic rings. The Hall–Kier alpha value is -0.310. The first-order chi connectivity index (χ1) is 7.76. The number of aromatic nitrogens is 1. The molecule has 1 aromatic heterocycles. The van der Waals surface area contributed by atoms with Crippen molar-refractivity contribution in [1.29, 1.82) is 0 Å². The second-order valence-electron chi connectivity index (χ2n) is 5.39. The molecule has 0 atom stereocenters. The lowest BCUT2D eigenvalue weighted by Crippen LogP contribution is -3.00. The molecule has 2 nitrogen and oxygen atoms in total. The van der Waals surface area contributed by atoms with Crippen molar-refractivity contribution >= 4 is 11.6 Å². The SMILES string of the molecule is Clc1ccc(C[N+]23CCC(CC2)CC3)cn1.[Cl-]. The molecule has 0 N–H and O–H groups in total. The molecule has 3 fully saturated rings. The highest BCUT2D eigenvalue weighted by molar-refractivity contribution is 6.29. The third-order valence-corrected chi connectivity index (χ3v) is 4.57. The van der Waals surface area contributed by atoms with Gasteiger partial charge in [0.25, 0.3) is 0 Å². The Labute approximate surface area is 114 Å². The van der Waals surface area contributed by atoms with Crippen molar-refractivity contribution < 1.29 is 16.9 Å². The molecule has 4 rings (SSSR count). The summed E-state index contributed by atoms with van der Waals surface area (Å²) < 4.78 is 1.29. The van der Waals surface area contributed by atoms with Gasteiger partial charge in [-0.05, 0) is 37.3 Å². The zero-order chi connectivity index (χ0) is 11.0. The van der Waals surface area contributed by atoms with Gasteiger partial charge in [-0.3, -0.25) is 0 Å². The first-order valence-corrected chi connectivity index (χ1v) is 6.59. The molecule has 94 valence electrons. The van der Waals surface area contributed by atoms with E-state index in [9.17, 15) is 0 Å².